The lowest BCUT2D eigenvalue weighted by Crippen LogP contribution is -2.26. The molecule has 1 aromatic heterocycles. The van der Waals surface area contributed by atoms with Crippen molar-refractivity contribution in [3.63, 3.8) is 0 Å². The molecule has 3 heteroatoms. The highest BCUT2D eigenvalue weighted by molar-refractivity contribution is 7.11. The van der Waals surface area contributed by atoms with Crippen LogP contribution in [0.15, 0.2) is 0 Å². The number of thiazole rings is 1. The van der Waals surface area contributed by atoms with Crippen LogP contribution in [0.5, 0.6) is 0 Å². The van der Waals surface area contributed by atoms with E-state index in [1.807, 2.05) is 0 Å². The van der Waals surface area contributed by atoms with Crippen LogP contribution in [0, 0.1) is 24.7 Å². The molecule has 1 heterocycles. The van der Waals surface area contributed by atoms with E-state index in [-0.39, 0.29) is 0 Å². The Morgan fingerprint density at radius 2 is 1.71 bits per heavy atom. The fourth-order valence-electron chi connectivity index (χ4n) is 2.89. The molecule has 1 fully saturated rings. The van der Waals surface area contributed by atoms with Crippen molar-refractivity contribution >= 4 is 11.3 Å². The number of nitrogens with one attached hydrogen (secondary N) is 1. The molecule has 1 N–H and O–H groups in total. The Labute approximate surface area is 109 Å². The molecule has 1 unspecified atom stereocenters. The molecule has 0 radical (unpaired) electrons. The van der Waals surface area contributed by atoms with E-state index < -0.39 is 0 Å². The lowest BCUT2D eigenvalue weighted by molar-refractivity contribution is 0.457. The van der Waals surface area contributed by atoms with Crippen LogP contribution in [-0.2, 0) is 0 Å². The number of aryl methyl sites for hydroxylation is 2. The van der Waals surface area contributed by atoms with Crippen LogP contribution in [0.2, 0.25) is 0 Å². The third-order valence-corrected chi connectivity index (χ3v) is 5.69. The topological polar surface area (TPSA) is 24.9 Å². The second kappa shape index (κ2) is 3.79. The molecule has 0 aromatic carbocycles. The highest BCUT2D eigenvalue weighted by atomic mass is 32.1. The largest absolute Gasteiger partial charge is 0.305 e. The Balaban J connectivity index is 2.09. The van der Waals surface area contributed by atoms with Gasteiger partial charge in [0.25, 0.3) is 0 Å². The Morgan fingerprint density at radius 1 is 1.18 bits per heavy atom. The predicted octanol–water partition coefficient (Wildman–Crippen LogP) is 3.85. The van der Waals surface area contributed by atoms with E-state index in [9.17, 15) is 0 Å². The SMILES string of the molecule is Cc1nc(C(C)NC2C(C)(C)C2(C)C)c(C)s1. The molecular weight excluding hydrogens is 228 g/mol. The summed E-state index contributed by atoms with van der Waals surface area (Å²) < 4.78 is 0. The summed E-state index contributed by atoms with van der Waals surface area (Å²) in [6.45, 7) is 15.9. The first kappa shape index (κ1) is 13.0. The third kappa shape index (κ3) is 1.93. The quantitative estimate of drug-likeness (QED) is 0.884. The lowest BCUT2D eigenvalue weighted by atomic mass is 10.0. The van der Waals surface area contributed by atoms with Gasteiger partial charge < -0.3 is 5.32 Å². The Morgan fingerprint density at radius 3 is 2.06 bits per heavy atom. The van der Waals surface area contributed by atoms with Crippen molar-refractivity contribution in [1.29, 1.82) is 0 Å². The van der Waals surface area contributed by atoms with Crippen LogP contribution in [0.1, 0.15) is 56.2 Å². The third-order valence-electron chi connectivity index (χ3n) is 4.79. The van der Waals surface area contributed by atoms with Crippen LogP contribution < -0.4 is 5.32 Å². The van der Waals surface area contributed by atoms with Gasteiger partial charge in [0, 0.05) is 17.0 Å². The summed E-state index contributed by atoms with van der Waals surface area (Å²) in [6.07, 6.45) is 0. The number of hydrogen-bond acceptors (Lipinski definition) is 3. The Hall–Kier alpha value is -0.410. The molecule has 1 atom stereocenters. The van der Waals surface area contributed by atoms with Gasteiger partial charge in [-0.15, -0.1) is 11.3 Å². The van der Waals surface area contributed by atoms with E-state index in [1.54, 1.807) is 11.3 Å². The Bertz CT molecular complexity index is 417. The lowest BCUT2D eigenvalue weighted by Gasteiger charge is -2.14. The second-order valence-corrected chi connectivity index (χ2v) is 7.85. The van der Waals surface area contributed by atoms with Crippen molar-refractivity contribution in [3.8, 4) is 0 Å². The normalized spacial score (nSPS) is 23.7. The van der Waals surface area contributed by atoms with Crippen molar-refractivity contribution in [3.05, 3.63) is 15.6 Å². The van der Waals surface area contributed by atoms with E-state index in [1.165, 1.54) is 15.6 Å². The fourth-order valence-corrected chi connectivity index (χ4v) is 3.80. The maximum absolute atomic E-state index is 4.64. The predicted molar refractivity (Wildman–Crippen MR) is 74.5 cm³/mol. The van der Waals surface area contributed by atoms with E-state index >= 15 is 0 Å². The molecule has 2 nitrogen and oxygen atoms in total. The minimum absolute atomic E-state index is 0.353. The zero-order valence-electron chi connectivity index (χ0n) is 12.0. The van der Waals surface area contributed by atoms with Gasteiger partial charge in [0.1, 0.15) is 0 Å². The first-order chi connectivity index (χ1) is 7.68. The molecule has 0 saturated heterocycles. The molecule has 1 aromatic rings. The van der Waals surface area contributed by atoms with Crippen LogP contribution in [0.3, 0.4) is 0 Å². The average Bonchev–Trinajstić information content (AvgIpc) is 2.50. The maximum Gasteiger partial charge on any atom is 0.0900 e. The molecule has 1 aliphatic carbocycles. The van der Waals surface area contributed by atoms with Gasteiger partial charge in [-0.2, -0.15) is 0 Å². The summed E-state index contributed by atoms with van der Waals surface area (Å²) in [5.41, 5.74) is 2.01. The highest BCUT2D eigenvalue weighted by Crippen LogP contribution is 2.63. The summed E-state index contributed by atoms with van der Waals surface area (Å²) in [7, 11) is 0. The van der Waals surface area contributed by atoms with Gasteiger partial charge >= 0.3 is 0 Å². The first-order valence-corrected chi connectivity index (χ1v) is 7.19. The summed E-state index contributed by atoms with van der Waals surface area (Å²) in [5, 5.41) is 4.92. The molecular formula is C14H24N2S. The molecule has 1 saturated carbocycles. The minimum Gasteiger partial charge on any atom is -0.305 e. The average molecular weight is 252 g/mol. The van der Waals surface area contributed by atoms with Crippen LogP contribution in [-0.4, -0.2) is 11.0 Å². The van der Waals surface area contributed by atoms with Crippen LogP contribution >= 0.6 is 11.3 Å². The van der Waals surface area contributed by atoms with Gasteiger partial charge in [-0.25, -0.2) is 4.98 Å². The number of aromatic nitrogens is 1. The monoisotopic (exact) mass is 252 g/mol. The molecule has 0 spiro atoms. The van der Waals surface area contributed by atoms with Gasteiger partial charge in [0.05, 0.1) is 10.7 Å². The van der Waals surface area contributed by atoms with E-state index in [2.05, 4.69) is 58.8 Å². The summed E-state index contributed by atoms with van der Waals surface area (Å²) in [4.78, 5) is 5.99. The highest BCUT2D eigenvalue weighted by Gasteiger charge is 2.64. The van der Waals surface area contributed by atoms with Gasteiger partial charge in [-0.1, -0.05) is 27.7 Å². The fraction of sp³-hybridized carbons (Fsp3) is 0.786. The Kier molecular flexibility index (Phi) is 2.91. The van der Waals surface area contributed by atoms with Crippen LogP contribution in [0.4, 0.5) is 0 Å². The summed E-state index contributed by atoms with van der Waals surface area (Å²) in [6, 6.07) is 0.942. The number of hydrogen-bond donors (Lipinski definition) is 1. The van der Waals surface area contributed by atoms with Crippen molar-refractivity contribution in [2.24, 2.45) is 10.8 Å². The molecule has 1 aliphatic rings. The molecule has 17 heavy (non-hydrogen) atoms. The van der Waals surface area contributed by atoms with Crippen molar-refractivity contribution < 1.29 is 0 Å². The number of rotatable bonds is 3. The van der Waals surface area contributed by atoms with E-state index in [0.29, 0.717) is 22.9 Å². The standard InChI is InChI=1S/C14H24N2S/c1-8(11-9(2)17-10(3)16-11)15-12-13(4,5)14(12,6)7/h8,12,15H,1-7H3. The summed E-state index contributed by atoms with van der Waals surface area (Å²) >= 11 is 1.79. The first-order valence-electron chi connectivity index (χ1n) is 6.38. The van der Waals surface area contributed by atoms with Gasteiger partial charge in [0.15, 0.2) is 0 Å². The van der Waals surface area contributed by atoms with Crippen LogP contribution in [0.25, 0.3) is 0 Å². The molecule has 2 rings (SSSR count). The van der Waals surface area contributed by atoms with Crippen molar-refractivity contribution in [1.82, 2.24) is 10.3 Å². The number of nitrogens with zero attached hydrogens (tertiary/aromatic N) is 1. The molecule has 0 aliphatic heterocycles. The smallest absolute Gasteiger partial charge is 0.0900 e. The molecule has 0 amide bonds. The van der Waals surface area contributed by atoms with Gasteiger partial charge in [-0.05, 0) is 31.6 Å². The minimum atomic E-state index is 0.353. The van der Waals surface area contributed by atoms with Gasteiger partial charge in [-0.3, -0.25) is 0 Å². The van der Waals surface area contributed by atoms with E-state index in [0.717, 1.165) is 0 Å². The van der Waals surface area contributed by atoms with Crippen molar-refractivity contribution in [2.45, 2.75) is 60.5 Å². The van der Waals surface area contributed by atoms with E-state index in [4.69, 9.17) is 0 Å². The van der Waals surface area contributed by atoms with Crippen molar-refractivity contribution in [2.75, 3.05) is 0 Å². The summed E-state index contributed by atoms with van der Waals surface area (Å²) in [5.74, 6) is 0. The second-order valence-electron chi connectivity index (χ2n) is 6.44. The maximum atomic E-state index is 4.64. The zero-order chi connectivity index (χ0) is 13.0. The zero-order valence-corrected chi connectivity index (χ0v) is 12.8. The molecule has 96 valence electrons. The van der Waals surface area contributed by atoms with Gasteiger partial charge in [0.2, 0.25) is 0 Å². The molecule has 0 bridgehead atoms.